The molecule has 0 saturated heterocycles. The molecule has 0 aliphatic heterocycles. The van der Waals surface area contributed by atoms with E-state index in [1.165, 1.54) is 19.3 Å². The summed E-state index contributed by atoms with van der Waals surface area (Å²) in [4.78, 5) is 12.5. The van der Waals surface area contributed by atoms with Gasteiger partial charge >= 0.3 is 0 Å². The first-order valence-corrected chi connectivity index (χ1v) is 8.55. The molecule has 1 atom stereocenters. The van der Waals surface area contributed by atoms with Crippen LogP contribution in [0, 0.1) is 0 Å². The number of ether oxygens (including phenoxy) is 1. The van der Waals surface area contributed by atoms with E-state index >= 15 is 0 Å². The van der Waals surface area contributed by atoms with Crippen molar-refractivity contribution in [2.75, 3.05) is 7.11 Å². The number of amides is 1. The van der Waals surface area contributed by atoms with E-state index in [1.54, 1.807) is 7.11 Å². The van der Waals surface area contributed by atoms with Crippen molar-refractivity contribution in [2.45, 2.75) is 51.0 Å². The van der Waals surface area contributed by atoms with E-state index in [0.717, 1.165) is 34.9 Å². The van der Waals surface area contributed by atoms with Crippen LogP contribution in [0.1, 0.15) is 50.5 Å². The van der Waals surface area contributed by atoms with Crippen molar-refractivity contribution >= 4 is 16.7 Å². The number of methoxy groups -OCH3 is 1. The van der Waals surface area contributed by atoms with Gasteiger partial charge in [-0.2, -0.15) is 0 Å². The number of fused-ring (bicyclic) bond motifs is 1. The molecule has 0 aromatic heterocycles. The van der Waals surface area contributed by atoms with Crippen molar-refractivity contribution in [1.29, 1.82) is 0 Å². The molecular formula is C20H25NO2. The third-order valence-electron chi connectivity index (χ3n) is 4.92. The molecule has 0 heterocycles. The minimum Gasteiger partial charge on any atom is -0.497 e. The van der Waals surface area contributed by atoms with E-state index in [1.807, 2.05) is 31.2 Å². The number of hydrogen-bond donors (Lipinski definition) is 1. The second-order valence-electron chi connectivity index (χ2n) is 6.54. The Hall–Kier alpha value is -2.03. The molecule has 3 rings (SSSR count). The van der Waals surface area contributed by atoms with Crippen molar-refractivity contribution in [3.05, 3.63) is 42.0 Å². The molecule has 3 nitrogen and oxygen atoms in total. The molecule has 2 aromatic rings. The van der Waals surface area contributed by atoms with Crippen molar-refractivity contribution in [3.8, 4) is 5.75 Å². The number of carbonyl (C=O) groups is 1. The molecule has 23 heavy (non-hydrogen) atoms. The summed E-state index contributed by atoms with van der Waals surface area (Å²) >= 11 is 0. The Morgan fingerprint density at radius 1 is 1.09 bits per heavy atom. The molecule has 1 N–H and O–H groups in total. The lowest BCUT2D eigenvalue weighted by molar-refractivity contribution is -0.123. The first-order valence-electron chi connectivity index (χ1n) is 8.55. The van der Waals surface area contributed by atoms with E-state index < -0.39 is 0 Å². The first kappa shape index (κ1) is 15.9. The lowest BCUT2D eigenvalue weighted by atomic mass is 9.93. The van der Waals surface area contributed by atoms with Crippen LogP contribution in [0.15, 0.2) is 36.4 Å². The summed E-state index contributed by atoms with van der Waals surface area (Å²) in [6.07, 6.45) is 6.01. The van der Waals surface area contributed by atoms with Gasteiger partial charge in [-0.05, 0) is 48.2 Å². The molecule has 1 saturated carbocycles. The zero-order chi connectivity index (χ0) is 16.2. The molecule has 0 unspecified atom stereocenters. The zero-order valence-electron chi connectivity index (χ0n) is 14.0. The van der Waals surface area contributed by atoms with Gasteiger partial charge in [0.05, 0.1) is 13.0 Å². The van der Waals surface area contributed by atoms with Crippen LogP contribution in [-0.4, -0.2) is 19.1 Å². The highest BCUT2D eigenvalue weighted by molar-refractivity contribution is 5.88. The highest BCUT2D eigenvalue weighted by atomic mass is 16.5. The van der Waals surface area contributed by atoms with Crippen LogP contribution >= 0.6 is 0 Å². The van der Waals surface area contributed by atoms with Crippen LogP contribution in [0.5, 0.6) is 5.75 Å². The standard InChI is InChI=1S/C20H25NO2/c1-14(20(22)21-18-6-4-3-5-7-18)15-8-9-17-13-19(23-2)11-10-16(17)12-15/h8-14,18H,3-7H2,1-2H3,(H,21,22)/t14-/m1/s1. The van der Waals surface area contributed by atoms with Crippen LogP contribution in [0.25, 0.3) is 10.8 Å². The molecule has 1 aliphatic rings. The quantitative estimate of drug-likeness (QED) is 0.909. The fourth-order valence-electron chi connectivity index (χ4n) is 3.36. The maximum absolute atomic E-state index is 12.5. The van der Waals surface area contributed by atoms with E-state index in [9.17, 15) is 4.79 Å². The summed E-state index contributed by atoms with van der Waals surface area (Å²) in [6.45, 7) is 1.99. The highest BCUT2D eigenvalue weighted by Gasteiger charge is 2.20. The number of benzene rings is 2. The van der Waals surface area contributed by atoms with Crippen LogP contribution in [-0.2, 0) is 4.79 Å². The summed E-state index contributed by atoms with van der Waals surface area (Å²) in [5, 5.41) is 5.50. The van der Waals surface area contributed by atoms with E-state index in [0.29, 0.717) is 6.04 Å². The summed E-state index contributed by atoms with van der Waals surface area (Å²) in [5.74, 6) is 0.876. The number of hydrogen-bond acceptors (Lipinski definition) is 2. The number of carbonyl (C=O) groups excluding carboxylic acids is 1. The van der Waals surface area contributed by atoms with Gasteiger partial charge in [0.25, 0.3) is 0 Å². The smallest absolute Gasteiger partial charge is 0.227 e. The molecule has 2 aromatic carbocycles. The number of rotatable bonds is 4. The fraction of sp³-hybridized carbons (Fsp3) is 0.450. The summed E-state index contributed by atoms with van der Waals surface area (Å²) < 4.78 is 5.26. The molecule has 1 amide bonds. The first-order chi connectivity index (χ1) is 11.2. The molecular weight excluding hydrogens is 286 g/mol. The van der Waals surface area contributed by atoms with Crippen molar-refractivity contribution in [3.63, 3.8) is 0 Å². The predicted octanol–water partition coefficient (Wildman–Crippen LogP) is 4.40. The molecule has 1 aliphatic carbocycles. The summed E-state index contributed by atoms with van der Waals surface area (Å²) in [7, 11) is 1.67. The van der Waals surface area contributed by atoms with Crippen molar-refractivity contribution in [1.82, 2.24) is 5.32 Å². The Morgan fingerprint density at radius 2 is 1.78 bits per heavy atom. The van der Waals surface area contributed by atoms with Gasteiger partial charge in [0.1, 0.15) is 5.75 Å². The number of nitrogens with one attached hydrogen (secondary N) is 1. The average Bonchev–Trinajstić information content (AvgIpc) is 2.61. The fourth-order valence-corrected chi connectivity index (χ4v) is 3.36. The lowest BCUT2D eigenvalue weighted by Crippen LogP contribution is -2.38. The molecule has 122 valence electrons. The van der Waals surface area contributed by atoms with E-state index in [-0.39, 0.29) is 11.8 Å². The Labute approximate surface area is 138 Å². The van der Waals surface area contributed by atoms with Crippen molar-refractivity contribution in [2.24, 2.45) is 0 Å². The Bertz CT molecular complexity index is 689. The third-order valence-corrected chi connectivity index (χ3v) is 4.92. The van der Waals surface area contributed by atoms with Crippen molar-refractivity contribution < 1.29 is 9.53 Å². The maximum Gasteiger partial charge on any atom is 0.227 e. The average molecular weight is 311 g/mol. The predicted molar refractivity (Wildman–Crippen MR) is 93.9 cm³/mol. The lowest BCUT2D eigenvalue weighted by Gasteiger charge is -2.24. The molecule has 1 fully saturated rings. The van der Waals surface area contributed by atoms with Gasteiger partial charge < -0.3 is 10.1 Å². The SMILES string of the molecule is COc1ccc2cc([C@@H](C)C(=O)NC3CCCCC3)ccc2c1. The highest BCUT2D eigenvalue weighted by Crippen LogP contribution is 2.26. The van der Waals surface area contributed by atoms with Crippen LogP contribution < -0.4 is 10.1 Å². The molecule has 3 heteroatoms. The van der Waals surface area contributed by atoms with Gasteiger partial charge in [0.15, 0.2) is 0 Å². The molecule has 0 bridgehead atoms. The van der Waals surface area contributed by atoms with Crippen LogP contribution in [0.4, 0.5) is 0 Å². The van der Waals surface area contributed by atoms with Gasteiger partial charge in [-0.1, -0.05) is 43.5 Å². The van der Waals surface area contributed by atoms with Gasteiger partial charge in [-0.25, -0.2) is 0 Å². The summed E-state index contributed by atoms with van der Waals surface area (Å²) in [5.41, 5.74) is 1.07. The maximum atomic E-state index is 12.5. The van der Waals surface area contributed by atoms with Gasteiger partial charge in [-0.3, -0.25) is 4.79 Å². The minimum absolute atomic E-state index is 0.122. The van der Waals surface area contributed by atoms with Gasteiger partial charge in [0, 0.05) is 6.04 Å². The Balaban J connectivity index is 1.74. The topological polar surface area (TPSA) is 38.3 Å². The van der Waals surface area contributed by atoms with Crippen LogP contribution in [0.3, 0.4) is 0 Å². The molecule has 0 radical (unpaired) electrons. The second kappa shape index (κ2) is 7.03. The summed E-state index contributed by atoms with van der Waals surface area (Å²) in [6, 6.07) is 12.6. The normalized spacial score (nSPS) is 17.0. The van der Waals surface area contributed by atoms with E-state index in [2.05, 4.69) is 17.4 Å². The third kappa shape index (κ3) is 3.66. The van der Waals surface area contributed by atoms with Gasteiger partial charge in [0.2, 0.25) is 5.91 Å². The zero-order valence-corrected chi connectivity index (χ0v) is 14.0. The van der Waals surface area contributed by atoms with Crippen LogP contribution in [0.2, 0.25) is 0 Å². The second-order valence-corrected chi connectivity index (χ2v) is 6.54. The Kier molecular flexibility index (Phi) is 4.85. The minimum atomic E-state index is -0.122. The monoisotopic (exact) mass is 311 g/mol. The Morgan fingerprint density at radius 3 is 2.52 bits per heavy atom. The molecule has 0 spiro atoms. The largest absolute Gasteiger partial charge is 0.497 e. The van der Waals surface area contributed by atoms with E-state index in [4.69, 9.17) is 4.74 Å². The van der Waals surface area contributed by atoms with Gasteiger partial charge in [-0.15, -0.1) is 0 Å².